The van der Waals surface area contributed by atoms with Crippen LogP contribution in [0.2, 0.25) is 0 Å². The lowest BCUT2D eigenvalue weighted by atomic mass is 9.99. The van der Waals surface area contributed by atoms with Gasteiger partial charge >= 0.3 is 6.18 Å². The first-order valence-corrected chi connectivity index (χ1v) is 3.95. The maximum absolute atomic E-state index is 11.9. The van der Waals surface area contributed by atoms with Crippen molar-refractivity contribution in [1.82, 2.24) is 0 Å². The van der Waals surface area contributed by atoms with Crippen molar-refractivity contribution in [3.05, 3.63) is 0 Å². The van der Waals surface area contributed by atoms with E-state index < -0.39 is 17.9 Å². The monoisotopic (exact) mass is 180 g/mol. The van der Waals surface area contributed by atoms with Gasteiger partial charge in [0.05, 0.1) is 0 Å². The van der Waals surface area contributed by atoms with Crippen LogP contribution in [0, 0.1) is 17.8 Å². The zero-order valence-corrected chi connectivity index (χ0v) is 6.98. The fourth-order valence-corrected chi connectivity index (χ4v) is 1.50. The zero-order valence-electron chi connectivity index (χ0n) is 6.98. The molecule has 1 aliphatic rings. The van der Waals surface area contributed by atoms with E-state index in [9.17, 15) is 18.0 Å². The van der Waals surface area contributed by atoms with Crippen LogP contribution in [0.1, 0.15) is 20.3 Å². The second-order valence-corrected chi connectivity index (χ2v) is 3.53. The number of ketones is 1. The van der Waals surface area contributed by atoms with Gasteiger partial charge in [0.15, 0.2) is 0 Å². The third kappa shape index (κ3) is 1.79. The van der Waals surface area contributed by atoms with E-state index in [0.29, 0.717) is 0 Å². The van der Waals surface area contributed by atoms with Crippen LogP contribution in [0.25, 0.3) is 0 Å². The Labute approximate surface area is 68.9 Å². The molecule has 70 valence electrons. The van der Waals surface area contributed by atoms with Gasteiger partial charge in [-0.2, -0.15) is 13.2 Å². The molecule has 3 unspecified atom stereocenters. The van der Waals surface area contributed by atoms with Crippen LogP contribution in [-0.4, -0.2) is 12.0 Å². The molecule has 0 aromatic heterocycles. The standard InChI is InChI=1S/C8H11F3O/c1-4-3-6(4)5(2)7(12)8(9,10)11/h4-6H,3H2,1-2H3. The minimum atomic E-state index is -4.65. The molecule has 0 saturated heterocycles. The van der Waals surface area contributed by atoms with E-state index in [1.807, 2.05) is 6.92 Å². The average Bonchev–Trinajstić information content (AvgIpc) is 2.62. The first kappa shape index (κ1) is 9.55. The zero-order chi connectivity index (χ0) is 9.52. The van der Waals surface area contributed by atoms with Gasteiger partial charge in [-0.3, -0.25) is 4.79 Å². The quantitative estimate of drug-likeness (QED) is 0.637. The molecule has 0 aliphatic heterocycles. The Kier molecular flexibility index (Phi) is 2.19. The van der Waals surface area contributed by atoms with E-state index in [1.54, 1.807) is 0 Å². The maximum atomic E-state index is 11.9. The normalized spacial score (nSPS) is 31.4. The smallest absolute Gasteiger partial charge is 0.289 e. The van der Waals surface area contributed by atoms with Gasteiger partial charge in [0.25, 0.3) is 0 Å². The second-order valence-electron chi connectivity index (χ2n) is 3.53. The van der Waals surface area contributed by atoms with E-state index in [-0.39, 0.29) is 11.8 Å². The molecule has 3 atom stereocenters. The molecule has 0 spiro atoms. The number of alkyl halides is 3. The molecule has 1 fully saturated rings. The van der Waals surface area contributed by atoms with Crippen LogP contribution in [-0.2, 0) is 4.79 Å². The van der Waals surface area contributed by atoms with Gasteiger partial charge in [-0.1, -0.05) is 13.8 Å². The summed E-state index contributed by atoms with van der Waals surface area (Å²) in [5.74, 6) is -2.18. The Morgan fingerprint density at radius 1 is 1.50 bits per heavy atom. The van der Waals surface area contributed by atoms with Crippen molar-refractivity contribution in [2.45, 2.75) is 26.4 Å². The topological polar surface area (TPSA) is 17.1 Å². The minimum absolute atomic E-state index is 0.0425. The number of carbonyl (C=O) groups is 1. The molecule has 0 aromatic rings. The fourth-order valence-electron chi connectivity index (χ4n) is 1.50. The van der Waals surface area contributed by atoms with Crippen molar-refractivity contribution >= 4 is 5.78 Å². The van der Waals surface area contributed by atoms with Gasteiger partial charge in [0, 0.05) is 5.92 Å². The first-order chi connectivity index (χ1) is 5.34. The summed E-state index contributed by atoms with van der Waals surface area (Å²) in [7, 11) is 0. The highest BCUT2D eigenvalue weighted by Crippen LogP contribution is 2.45. The number of hydrogen-bond donors (Lipinski definition) is 0. The van der Waals surface area contributed by atoms with Crippen molar-refractivity contribution in [2.24, 2.45) is 17.8 Å². The van der Waals surface area contributed by atoms with Gasteiger partial charge in [-0.15, -0.1) is 0 Å². The third-order valence-electron chi connectivity index (χ3n) is 2.51. The Morgan fingerprint density at radius 2 is 1.92 bits per heavy atom. The highest BCUT2D eigenvalue weighted by atomic mass is 19.4. The summed E-state index contributed by atoms with van der Waals surface area (Å²) >= 11 is 0. The molecule has 0 radical (unpaired) electrons. The van der Waals surface area contributed by atoms with Gasteiger partial charge in [0.1, 0.15) is 0 Å². The van der Waals surface area contributed by atoms with E-state index in [2.05, 4.69) is 0 Å². The minimum Gasteiger partial charge on any atom is -0.289 e. The molecule has 0 aromatic carbocycles. The number of halogens is 3. The molecule has 0 N–H and O–H groups in total. The van der Waals surface area contributed by atoms with Gasteiger partial charge in [0.2, 0.25) is 5.78 Å². The SMILES string of the molecule is CC1CC1C(C)C(=O)C(F)(F)F. The molecule has 0 amide bonds. The fraction of sp³-hybridized carbons (Fsp3) is 0.875. The average molecular weight is 180 g/mol. The van der Waals surface area contributed by atoms with Crippen molar-refractivity contribution in [3.8, 4) is 0 Å². The Balaban J connectivity index is 2.53. The van der Waals surface area contributed by atoms with Crippen LogP contribution >= 0.6 is 0 Å². The first-order valence-electron chi connectivity index (χ1n) is 3.95. The lowest BCUT2D eigenvalue weighted by Gasteiger charge is -2.11. The van der Waals surface area contributed by atoms with Crippen molar-refractivity contribution in [3.63, 3.8) is 0 Å². The summed E-state index contributed by atoms with van der Waals surface area (Å²) in [6.07, 6.45) is -3.90. The van der Waals surface area contributed by atoms with Crippen molar-refractivity contribution in [2.75, 3.05) is 0 Å². The molecule has 1 aliphatic carbocycles. The van der Waals surface area contributed by atoms with Crippen LogP contribution < -0.4 is 0 Å². The molecule has 1 rings (SSSR count). The summed E-state index contributed by atoms with van der Waals surface area (Å²) in [6.45, 7) is 3.23. The lowest BCUT2D eigenvalue weighted by Crippen LogP contribution is -2.30. The molecule has 1 saturated carbocycles. The number of Topliss-reactive ketones (excluding diaryl/α,β-unsaturated/α-hetero) is 1. The maximum Gasteiger partial charge on any atom is 0.450 e. The summed E-state index contributed by atoms with van der Waals surface area (Å²) in [5, 5.41) is 0. The van der Waals surface area contributed by atoms with Gasteiger partial charge in [-0.25, -0.2) is 0 Å². The summed E-state index contributed by atoms with van der Waals surface area (Å²) in [5.41, 5.74) is 0. The molecular weight excluding hydrogens is 169 g/mol. The molecule has 12 heavy (non-hydrogen) atoms. The number of carbonyl (C=O) groups excluding carboxylic acids is 1. The van der Waals surface area contributed by atoms with Gasteiger partial charge in [-0.05, 0) is 18.3 Å². The molecule has 0 heterocycles. The van der Waals surface area contributed by atoms with Crippen LogP contribution in [0.15, 0.2) is 0 Å². The molecular formula is C8H11F3O. The van der Waals surface area contributed by atoms with Crippen LogP contribution in [0.5, 0.6) is 0 Å². The largest absolute Gasteiger partial charge is 0.450 e. The predicted octanol–water partition coefficient (Wildman–Crippen LogP) is 2.41. The number of hydrogen-bond acceptors (Lipinski definition) is 1. The number of rotatable bonds is 2. The predicted molar refractivity (Wildman–Crippen MR) is 37.5 cm³/mol. The Hall–Kier alpha value is -0.540. The van der Waals surface area contributed by atoms with Crippen molar-refractivity contribution in [1.29, 1.82) is 0 Å². The van der Waals surface area contributed by atoms with E-state index in [0.717, 1.165) is 6.42 Å². The Morgan fingerprint density at radius 3 is 2.17 bits per heavy atom. The Bertz CT molecular complexity index is 197. The summed E-state index contributed by atoms with van der Waals surface area (Å²) < 4.78 is 35.6. The second kappa shape index (κ2) is 2.75. The van der Waals surface area contributed by atoms with Gasteiger partial charge < -0.3 is 0 Å². The van der Waals surface area contributed by atoms with Crippen LogP contribution in [0.3, 0.4) is 0 Å². The third-order valence-corrected chi connectivity index (χ3v) is 2.51. The van der Waals surface area contributed by atoms with Crippen LogP contribution in [0.4, 0.5) is 13.2 Å². The molecule has 1 nitrogen and oxygen atoms in total. The molecule has 0 bridgehead atoms. The highest BCUT2D eigenvalue weighted by molar-refractivity contribution is 5.86. The highest BCUT2D eigenvalue weighted by Gasteiger charge is 2.49. The van der Waals surface area contributed by atoms with Crippen molar-refractivity contribution < 1.29 is 18.0 Å². The lowest BCUT2D eigenvalue weighted by molar-refractivity contribution is -0.175. The summed E-state index contributed by atoms with van der Waals surface area (Å²) in [4.78, 5) is 10.7. The van der Waals surface area contributed by atoms with E-state index >= 15 is 0 Å². The van der Waals surface area contributed by atoms with E-state index in [1.165, 1.54) is 6.92 Å². The summed E-state index contributed by atoms with van der Waals surface area (Å²) in [6, 6.07) is 0. The van der Waals surface area contributed by atoms with E-state index in [4.69, 9.17) is 0 Å². The molecule has 4 heteroatoms.